The summed E-state index contributed by atoms with van der Waals surface area (Å²) in [6.45, 7) is 6.26. The molecule has 3 aromatic rings. The van der Waals surface area contributed by atoms with Crippen molar-refractivity contribution in [2.75, 3.05) is 12.0 Å². The zero-order valence-electron chi connectivity index (χ0n) is 19.5. The van der Waals surface area contributed by atoms with Crippen LogP contribution >= 0.6 is 11.6 Å². The van der Waals surface area contributed by atoms with E-state index in [2.05, 4.69) is 11.9 Å². The van der Waals surface area contributed by atoms with Gasteiger partial charge >= 0.3 is 6.03 Å². The van der Waals surface area contributed by atoms with Gasteiger partial charge in [0.05, 0.1) is 12.8 Å². The first-order valence-electron chi connectivity index (χ1n) is 11.0. The molecular weight excluding hydrogens is 464 g/mol. The normalized spacial score (nSPS) is 14.3. The Kier molecular flexibility index (Phi) is 7.22. The largest absolute Gasteiger partial charge is 0.493 e. The molecule has 1 heterocycles. The fraction of sp³-hybridized carbons (Fsp3) is 0.143. The van der Waals surface area contributed by atoms with Crippen molar-refractivity contribution in [3.8, 4) is 11.5 Å². The van der Waals surface area contributed by atoms with Gasteiger partial charge in [0.2, 0.25) is 0 Å². The summed E-state index contributed by atoms with van der Waals surface area (Å²) in [6, 6.07) is 17.7. The van der Waals surface area contributed by atoms with Crippen LogP contribution in [0.2, 0.25) is 5.02 Å². The molecule has 0 spiro atoms. The Labute approximate surface area is 209 Å². The Morgan fingerprint density at radius 1 is 1.06 bits per heavy atom. The number of rotatable bonds is 8. The number of urea groups is 1. The standard InChI is InChI=1S/C28H25ClN2O4/c1-4-5-21-14-20(16-25(34-3)26(21)35-17-19-8-6-18(2)7-9-19)15-24-27(32)31(28(33)30-24)23-12-10-22(29)11-13-23/h4,6-16H,1,5,17H2,2-3H3,(H,30,33)/b24-15+. The molecular formula is C28H25ClN2O4. The molecule has 3 amide bonds. The number of benzene rings is 3. The summed E-state index contributed by atoms with van der Waals surface area (Å²) in [5.41, 5.74) is 4.34. The van der Waals surface area contributed by atoms with Crippen LogP contribution in [-0.4, -0.2) is 19.0 Å². The Morgan fingerprint density at radius 2 is 1.77 bits per heavy atom. The molecule has 3 aromatic carbocycles. The van der Waals surface area contributed by atoms with Crippen LogP contribution in [0.5, 0.6) is 11.5 Å². The van der Waals surface area contributed by atoms with E-state index in [4.69, 9.17) is 21.1 Å². The van der Waals surface area contributed by atoms with Crippen LogP contribution in [0.4, 0.5) is 10.5 Å². The number of methoxy groups -OCH3 is 1. The summed E-state index contributed by atoms with van der Waals surface area (Å²) < 4.78 is 11.7. The fourth-order valence-corrected chi connectivity index (χ4v) is 3.88. The molecule has 1 fully saturated rings. The Bertz CT molecular complexity index is 1300. The number of nitrogens with zero attached hydrogens (tertiary/aromatic N) is 1. The molecule has 0 unspecified atom stereocenters. The van der Waals surface area contributed by atoms with E-state index >= 15 is 0 Å². The molecule has 6 nitrogen and oxygen atoms in total. The molecule has 35 heavy (non-hydrogen) atoms. The highest BCUT2D eigenvalue weighted by atomic mass is 35.5. The van der Waals surface area contributed by atoms with Crippen molar-refractivity contribution in [1.82, 2.24) is 5.32 Å². The number of amides is 3. The maximum absolute atomic E-state index is 13.0. The number of aryl methyl sites for hydroxylation is 1. The topological polar surface area (TPSA) is 67.9 Å². The third kappa shape index (κ3) is 5.39. The van der Waals surface area contributed by atoms with Crippen LogP contribution in [0.15, 0.2) is 79.0 Å². The van der Waals surface area contributed by atoms with Crippen molar-refractivity contribution >= 4 is 35.3 Å². The van der Waals surface area contributed by atoms with Gasteiger partial charge in [-0.25, -0.2) is 9.69 Å². The minimum absolute atomic E-state index is 0.157. The lowest BCUT2D eigenvalue weighted by molar-refractivity contribution is -0.113. The number of carbonyl (C=O) groups is 2. The van der Waals surface area contributed by atoms with E-state index in [0.717, 1.165) is 16.0 Å². The van der Waals surface area contributed by atoms with Gasteiger partial charge in [-0.3, -0.25) is 4.79 Å². The lowest BCUT2D eigenvalue weighted by Crippen LogP contribution is -2.30. The van der Waals surface area contributed by atoms with Crippen molar-refractivity contribution in [2.45, 2.75) is 20.0 Å². The number of hydrogen-bond donors (Lipinski definition) is 1. The van der Waals surface area contributed by atoms with Gasteiger partial charge < -0.3 is 14.8 Å². The quantitative estimate of drug-likeness (QED) is 0.238. The SMILES string of the molecule is C=CCc1cc(/C=C2/NC(=O)N(c3ccc(Cl)cc3)C2=O)cc(OC)c1OCc1ccc(C)cc1. The van der Waals surface area contributed by atoms with Crippen molar-refractivity contribution < 1.29 is 19.1 Å². The number of carbonyl (C=O) groups excluding carboxylic acids is 2. The van der Waals surface area contributed by atoms with Crippen molar-refractivity contribution in [1.29, 1.82) is 0 Å². The summed E-state index contributed by atoms with van der Waals surface area (Å²) in [5.74, 6) is 0.676. The average molecular weight is 489 g/mol. The molecule has 0 radical (unpaired) electrons. The second kappa shape index (κ2) is 10.5. The van der Waals surface area contributed by atoms with Gasteiger partial charge in [0.1, 0.15) is 12.3 Å². The molecule has 1 saturated heterocycles. The molecule has 178 valence electrons. The third-order valence-corrected chi connectivity index (χ3v) is 5.77. The molecule has 7 heteroatoms. The molecule has 0 aromatic heterocycles. The lowest BCUT2D eigenvalue weighted by Gasteiger charge is -2.16. The van der Waals surface area contributed by atoms with E-state index in [1.54, 1.807) is 49.6 Å². The first-order chi connectivity index (χ1) is 16.9. The minimum atomic E-state index is -0.528. The molecule has 0 atom stereocenters. The number of hydrogen-bond acceptors (Lipinski definition) is 4. The predicted octanol–water partition coefficient (Wildman–Crippen LogP) is 6.06. The van der Waals surface area contributed by atoms with Crippen molar-refractivity contribution in [3.05, 3.63) is 106 Å². The number of nitrogens with one attached hydrogen (secondary N) is 1. The van der Waals surface area contributed by atoms with Crippen LogP contribution < -0.4 is 19.7 Å². The predicted molar refractivity (Wildman–Crippen MR) is 138 cm³/mol. The summed E-state index contributed by atoms with van der Waals surface area (Å²) >= 11 is 5.93. The smallest absolute Gasteiger partial charge is 0.333 e. The highest BCUT2D eigenvalue weighted by molar-refractivity contribution is 6.31. The van der Waals surface area contributed by atoms with E-state index < -0.39 is 11.9 Å². The summed E-state index contributed by atoms with van der Waals surface area (Å²) in [6.07, 6.45) is 3.93. The third-order valence-electron chi connectivity index (χ3n) is 5.52. The van der Waals surface area contributed by atoms with Crippen LogP contribution in [-0.2, 0) is 17.8 Å². The Hall–Kier alpha value is -4.03. The number of halogens is 1. The first kappa shape index (κ1) is 24.1. The van der Waals surface area contributed by atoms with Crippen molar-refractivity contribution in [3.63, 3.8) is 0 Å². The summed E-state index contributed by atoms with van der Waals surface area (Å²) in [7, 11) is 1.56. The van der Waals surface area contributed by atoms with Crippen LogP contribution in [0, 0.1) is 6.92 Å². The number of ether oxygens (including phenoxy) is 2. The monoisotopic (exact) mass is 488 g/mol. The van der Waals surface area contributed by atoms with Gasteiger partial charge in [-0.1, -0.05) is 47.5 Å². The average Bonchev–Trinajstić information content (AvgIpc) is 3.12. The van der Waals surface area contributed by atoms with Gasteiger partial charge in [0, 0.05) is 10.6 Å². The van der Waals surface area contributed by atoms with E-state index in [-0.39, 0.29) is 5.70 Å². The van der Waals surface area contributed by atoms with Gasteiger partial charge in [0.15, 0.2) is 11.5 Å². The second-order valence-electron chi connectivity index (χ2n) is 8.08. The highest BCUT2D eigenvalue weighted by Gasteiger charge is 2.34. The maximum Gasteiger partial charge on any atom is 0.333 e. The van der Waals surface area contributed by atoms with E-state index in [1.165, 1.54) is 5.56 Å². The zero-order chi connectivity index (χ0) is 24.9. The minimum Gasteiger partial charge on any atom is -0.493 e. The second-order valence-corrected chi connectivity index (χ2v) is 8.52. The molecule has 1 aliphatic heterocycles. The molecule has 0 saturated carbocycles. The van der Waals surface area contributed by atoms with E-state index in [1.807, 2.05) is 37.3 Å². The van der Waals surface area contributed by atoms with E-state index in [9.17, 15) is 9.59 Å². The summed E-state index contributed by atoms with van der Waals surface area (Å²) in [4.78, 5) is 26.6. The maximum atomic E-state index is 13.0. The zero-order valence-corrected chi connectivity index (χ0v) is 20.3. The fourth-order valence-electron chi connectivity index (χ4n) is 3.76. The van der Waals surface area contributed by atoms with Crippen LogP contribution in [0.3, 0.4) is 0 Å². The molecule has 4 rings (SSSR count). The van der Waals surface area contributed by atoms with Crippen LogP contribution in [0.1, 0.15) is 22.3 Å². The van der Waals surface area contributed by atoms with Gasteiger partial charge in [0.25, 0.3) is 5.91 Å². The molecule has 1 aliphatic rings. The van der Waals surface area contributed by atoms with Crippen LogP contribution in [0.25, 0.3) is 6.08 Å². The van der Waals surface area contributed by atoms with E-state index in [0.29, 0.717) is 40.8 Å². The van der Waals surface area contributed by atoms with Gasteiger partial charge in [-0.2, -0.15) is 0 Å². The summed E-state index contributed by atoms with van der Waals surface area (Å²) in [5, 5.41) is 3.16. The molecule has 0 bridgehead atoms. The number of allylic oxidation sites excluding steroid dienone is 1. The Morgan fingerprint density at radius 3 is 2.43 bits per heavy atom. The highest BCUT2D eigenvalue weighted by Crippen LogP contribution is 2.35. The van der Waals surface area contributed by atoms with Gasteiger partial charge in [-0.05, 0) is 66.9 Å². The molecule has 0 aliphatic carbocycles. The number of anilines is 1. The van der Waals surface area contributed by atoms with Gasteiger partial charge in [-0.15, -0.1) is 6.58 Å². The Balaban J connectivity index is 1.63. The number of imide groups is 1. The first-order valence-corrected chi connectivity index (χ1v) is 11.4. The lowest BCUT2D eigenvalue weighted by atomic mass is 10.0. The molecule has 1 N–H and O–H groups in total. The van der Waals surface area contributed by atoms with Crippen molar-refractivity contribution in [2.24, 2.45) is 0 Å².